The largest absolute Gasteiger partial charge is 0.490 e. The number of hydrogen-bond acceptors (Lipinski definition) is 8. The Labute approximate surface area is 253 Å². The van der Waals surface area contributed by atoms with Crippen molar-refractivity contribution in [1.29, 1.82) is 0 Å². The minimum Gasteiger partial charge on any atom is -0.490 e. The summed E-state index contributed by atoms with van der Waals surface area (Å²) in [6.45, 7) is 2.42. The summed E-state index contributed by atoms with van der Waals surface area (Å²) in [6, 6.07) is 26.1. The predicted molar refractivity (Wildman–Crippen MR) is 167 cm³/mol. The fraction of sp³-hybridized carbons (Fsp3) is 0.0938. The van der Waals surface area contributed by atoms with Gasteiger partial charge in [-0.25, -0.2) is 4.98 Å². The lowest BCUT2D eigenvalue weighted by atomic mass is 10.2. The molecule has 4 aromatic carbocycles. The van der Waals surface area contributed by atoms with Crippen LogP contribution in [-0.4, -0.2) is 27.4 Å². The molecule has 0 saturated heterocycles. The lowest BCUT2D eigenvalue weighted by Crippen LogP contribution is -2.20. The minimum atomic E-state index is -0.447. The fourth-order valence-electron chi connectivity index (χ4n) is 4.51. The van der Waals surface area contributed by atoms with Crippen molar-refractivity contribution in [3.8, 4) is 23.1 Å². The number of aromatic nitrogens is 2. The Kier molecular flexibility index (Phi) is 7.71. The maximum absolute atomic E-state index is 13.6. The Morgan fingerprint density at radius 2 is 1.74 bits per heavy atom. The van der Waals surface area contributed by atoms with Gasteiger partial charge in [-0.05, 0) is 76.9 Å². The van der Waals surface area contributed by atoms with E-state index in [0.29, 0.717) is 50.4 Å². The summed E-state index contributed by atoms with van der Waals surface area (Å²) < 4.78 is 19.8. The van der Waals surface area contributed by atoms with Crippen LogP contribution in [0.3, 0.4) is 0 Å². The smallest absolute Gasteiger partial charge is 0.282 e. The first-order valence-electron chi connectivity index (χ1n) is 13.3. The molecule has 6 rings (SSSR count). The summed E-state index contributed by atoms with van der Waals surface area (Å²) in [6.07, 6.45) is 1.54. The second-order valence-electron chi connectivity index (χ2n) is 9.43. The second-order valence-corrected chi connectivity index (χ2v) is 10.3. The van der Waals surface area contributed by atoms with Gasteiger partial charge >= 0.3 is 0 Å². The minimum absolute atomic E-state index is 0.00865. The molecule has 0 bridgehead atoms. The van der Waals surface area contributed by atoms with Crippen LogP contribution in [0.15, 0.2) is 110 Å². The molecule has 43 heavy (non-hydrogen) atoms. The summed E-state index contributed by atoms with van der Waals surface area (Å²) in [5.41, 5.74) is 2.25. The van der Waals surface area contributed by atoms with Gasteiger partial charge in [0.05, 0.1) is 28.6 Å². The average Bonchev–Trinajstić information content (AvgIpc) is 3.45. The third-order valence-corrected chi connectivity index (χ3v) is 7.30. The Morgan fingerprint density at radius 3 is 2.51 bits per heavy atom. The lowest BCUT2D eigenvalue weighted by Gasteiger charge is -2.14. The monoisotopic (exact) mass is 638 g/mol. The molecule has 0 aliphatic carbocycles. The van der Waals surface area contributed by atoms with Crippen molar-refractivity contribution >= 4 is 49.7 Å². The van der Waals surface area contributed by atoms with E-state index in [-0.39, 0.29) is 23.7 Å². The number of hydrogen-bond donors (Lipinski definition) is 0. The highest BCUT2D eigenvalue weighted by Gasteiger charge is 2.17. The van der Waals surface area contributed by atoms with Gasteiger partial charge < -0.3 is 13.9 Å². The van der Waals surface area contributed by atoms with Crippen molar-refractivity contribution in [2.45, 2.75) is 13.5 Å². The van der Waals surface area contributed by atoms with Gasteiger partial charge in [-0.1, -0.05) is 30.3 Å². The summed E-state index contributed by atoms with van der Waals surface area (Å²) >= 11 is 3.58. The number of nitro groups is 1. The second kappa shape index (κ2) is 11.9. The summed E-state index contributed by atoms with van der Waals surface area (Å²) in [7, 11) is 0. The number of para-hydroxylation sites is 2. The number of nitro benzene ring substituents is 1. The van der Waals surface area contributed by atoms with Crippen LogP contribution in [0.25, 0.3) is 33.5 Å². The molecule has 0 saturated carbocycles. The first kappa shape index (κ1) is 27.9. The van der Waals surface area contributed by atoms with Gasteiger partial charge in [0.25, 0.3) is 11.2 Å². The topological polar surface area (TPSA) is 122 Å². The van der Waals surface area contributed by atoms with Crippen LogP contribution in [0.5, 0.6) is 11.5 Å². The Hall–Kier alpha value is -5.29. The number of fused-ring (bicyclic) bond motifs is 2. The molecule has 2 aromatic heterocycles. The van der Waals surface area contributed by atoms with Crippen LogP contribution in [0.1, 0.15) is 18.1 Å². The molecular formula is C32H23BrN4O6. The average molecular weight is 639 g/mol. The van der Waals surface area contributed by atoms with E-state index in [2.05, 4.69) is 21.0 Å². The maximum atomic E-state index is 13.6. The maximum Gasteiger partial charge on any atom is 0.282 e. The summed E-state index contributed by atoms with van der Waals surface area (Å²) in [5, 5.41) is 16.8. The molecule has 0 aliphatic heterocycles. The molecule has 0 spiro atoms. The molecule has 0 N–H and O–H groups in total. The van der Waals surface area contributed by atoms with E-state index >= 15 is 0 Å². The number of halogens is 1. The quantitative estimate of drug-likeness (QED) is 0.0922. The van der Waals surface area contributed by atoms with Crippen LogP contribution in [-0.2, 0) is 6.61 Å². The van der Waals surface area contributed by atoms with Crippen molar-refractivity contribution < 1.29 is 18.8 Å². The van der Waals surface area contributed by atoms with Crippen molar-refractivity contribution in [1.82, 2.24) is 9.66 Å². The molecule has 0 fully saturated rings. The molecule has 6 aromatic rings. The number of furan rings is 1. The predicted octanol–water partition coefficient (Wildman–Crippen LogP) is 7.34. The molecule has 0 unspecified atom stereocenters. The Morgan fingerprint density at radius 1 is 1.00 bits per heavy atom. The van der Waals surface area contributed by atoms with Crippen LogP contribution in [0.2, 0.25) is 0 Å². The molecule has 0 atom stereocenters. The molecule has 0 radical (unpaired) electrons. The van der Waals surface area contributed by atoms with Gasteiger partial charge in [0.1, 0.15) is 12.2 Å². The highest BCUT2D eigenvalue weighted by atomic mass is 79.9. The highest BCUT2D eigenvalue weighted by molar-refractivity contribution is 9.10. The fourth-order valence-corrected chi connectivity index (χ4v) is 4.93. The van der Waals surface area contributed by atoms with Crippen LogP contribution in [0.4, 0.5) is 5.69 Å². The van der Waals surface area contributed by atoms with Crippen LogP contribution < -0.4 is 15.0 Å². The van der Waals surface area contributed by atoms with Gasteiger partial charge in [0, 0.05) is 27.6 Å². The Balaban J connectivity index is 1.36. The van der Waals surface area contributed by atoms with Crippen molar-refractivity contribution in [3.63, 3.8) is 0 Å². The normalized spacial score (nSPS) is 11.4. The molecule has 0 aliphatic rings. The molecule has 214 valence electrons. The highest BCUT2D eigenvalue weighted by Crippen LogP contribution is 2.34. The molecule has 11 heteroatoms. The lowest BCUT2D eigenvalue weighted by molar-refractivity contribution is -0.384. The zero-order valence-electron chi connectivity index (χ0n) is 22.8. The molecule has 2 heterocycles. The SMILES string of the molecule is CCOc1cc(C=Nn2c(-c3cc4ccccc4o3)nc3ccccc3c2=O)c(Br)cc1OCc1ccc([N+](=O)[O-])cc1. The number of rotatable bonds is 9. The van der Waals surface area contributed by atoms with Gasteiger partial charge in [-0.2, -0.15) is 9.78 Å². The van der Waals surface area contributed by atoms with E-state index in [9.17, 15) is 14.9 Å². The zero-order chi connectivity index (χ0) is 29.9. The first-order chi connectivity index (χ1) is 20.9. The standard InChI is InChI=1S/C32H23BrN4O6/c1-2-41-28-16-22(25(33)17-29(28)42-19-20-11-13-23(14-12-20)37(39)40)18-34-36-31(30-15-21-7-3-6-10-27(21)43-30)35-26-9-5-4-8-24(26)32(36)38/h3-18H,2,19H2,1H3. The third kappa shape index (κ3) is 5.75. The van der Waals surface area contributed by atoms with E-state index in [1.54, 1.807) is 42.5 Å². The number of ether oxygens (including phenoxy) is 2. The molecule has 0 amide bonds. The van der Waals surface area contributed by atoms with E-state index in [1.165, 1.54) is 23.0 Å². The molecule has 10 nitrogen and oxygen atoms in total. The van der Waals surface area contributed by atoms with E-state index < -0.39 is 4.92 Å². The number of non-ortho nitro benzene ring substituents is 1. The van der Waals surface area contributed by atoms with Gasteiger partial charge in [-0.15, -0.1) is 0 Å². The first-order valence-corrected chi connectivity index (χ1v) is 14.1. The van der Waals surface area contributed by atoms with Crippen molar-refractivity contribution in [2.24, 2.45) is 5.10 Å². The van der Waals surface area contributed by atoms with E-state index in [4.69, 9.17) is 18.9 Å². The van der Waals surface area contributed by atoms with Gasteiger partial charge in [0.15, 0.2) is 17.3 Å². The number of benzene rings is 4. The molecular weight excluding hydrogens is 616 g/mol. The third-order valence-electron chi connectivity index (χ3n) is 6.62. The van der Waals surface area contributed by atoms with Crippen molar-refractivity contribution in [2.75, 3.05) is 6.61 Å². The zero-order valence-corrected chi connectivity index (χ0v) is 24.4. The van der Waals surface area contributed by atoms with Crippen molar-refractivity contribution in [3.05, 3.63) is 127 Å². The van der Waals surface area contributed by atoms with Crippen LogP contribution >= 0.6 is 15.9 Å². The number of nitrogens with zero attached hydrogens (tertiary/aromatic N) is 4. The summed E-state index contributed by atoms with van der Waals surface area (Å²) in [4.78, 5) is 28.8. The van der Waals surface area contributed by atoms with Gasteiger partial charge in [-0.3, -0.25) is 14.9 Å². The van der Waals surface area contributed by atoms with Crippen LogP contribution in [0, 0.1) is 10.1 Å². The van der Waals surface area contributed by atoms with Gasteiger partial charge in [0.2, 0.25) is 5.82 Å². The summed E-state index contributed by atoms with van der Waals surface area (Å²) in [5.74, 6) is 1.61. The van der Waals surface area contributed by atoms with E-state index in [0.717, 1.165) is 10.9 Å². The Bertz CT molecular complexity index is 2030. The van der Waals surface area contributed by atoms with E-state index in [1.807, 2.05) is 43.3 Å².